The monoisotopic (exact) mass is 474 g/mol. The Morgan fingerprint density at radius 1 is 1.06 bits per heavy atom. The van der Waals surface area contributed by atoms with Crippen molar-refractivity contribution in [2.75, 3.05) is 10.2 Å². The van der Waals surface area contributed by atoms with Crippen molar-refractivity contribution < 1.29 is 22.4 Å². The topological polar surface area (TPSA) is 83.9 Å². The van der Waals surface area contributed by atoms with Gasteiger partial charge < -0.3 is 10.2 Å². The number of nitrogens with zero attached hydrogens (tertiary/aromatic N) is 5. The zero-order valence-electron chi connectivity index (χ0n) is 18.3. The SMILES string of the molecule is CC(=O)Cc1ccc(CNc2ncnc(N(Cc3ccc(C(F)(F)F)cn3)C3CC3)c2F)cn1. The van der Waals surface area contributed by atoms with Crippen LogP contribution in [0.25, 0.3) is 0 Å². The number of aromatic nitrogens is 4. The van der Waals surface area contributed by atoms with Gasteiger partial charge in [0.1, 0.15) is 12.1 Å². The molecular formula is C23H22F4N6O. The van der Waals surface area contributed by atoms with Crippen LogP contribution in [0.4, 0.5) is 29.2 Å². The Bertz CT molecular complexity index is 1150. The number of carbonyl (C=O) groups is 1. The van der Waals surface area contributed by atoms with Crippen LogP contribution < -0.4 is 10.2 Å². The molecule has 1 saturated carbocycles. The minimum Gasteiger partial charge on any atom is -0.363 e. The normalized spacial score (nSPS) is 13.6. The van der Waals surface area contributed by atoms with Gasteiger partial charge in [-0.1, -0.05) is 6.07 Å². The second-order valence-electron chi connectivity index (χ2n) is 8.15. The molecule has 178 valence electrons. The van der Waals surface area contributed by atoms with Gasteiger partial charge in [-0.15, -0.1) is 0 Å². The zero-order chi connectivity index (χ0) is 24.3. The molecule has 3 aromatic rings. The lowest BCUT2D eigenvalue weighted by Gasteiger charge is -2.24. The average molecular weight is 474 g/mol. The lowest BCUT2D eigenvalue weighted by molar-refractivity contribution is -0.137. The van der Waals surface area contributed by atoms with Gasteiger partial charge >= 0.3 is 6.18 Å². The first-order valence-electron chi connectivity index (χ1n) is 10.7. The largest absolute Gasteiger partial charge is 0.417 e. The number of pyridine rings is 2. The van der Waals surface area contributed by atoms with Crippen molar-refractivity contribution in [1.29, 1.82) is 0 Å². The van der Waals surface area contributed by atoms with E-state index in [2.05, 4.69) is 25.3 Å². The van der Waals surface area contributed by atoms with Gasteiger partial charge in [0.15, 0.2) is 11.6 Å². The van der Waals surface area contributed by atoms with E-state index in [0.29, 0.717) is 11.4 Å². The Morgan fingerprint density at radius 3 is 2.38 bits per heavy atom. The maximum absolute atomic E-state index is 15.3. The molecular weight excluding hydrogens is 452 g/mol. The average Bonchev–Trinajstić information content (AvgIpc) is 3.63. The fourth-order valence-electron chi connectivity index (χ4n) is 3.41. The van der Waals surface area contributed by atoms with Gasteiger partial charge in [0, 0.05) is 37.1 Å². The standard InChI is InChI=1S/C23H22F4N6O/c1-14(34)8-17-4-2-15(9-28-17)10-30-21-20(24)22(32-13-31-21)33(19-6-7-19)12-18-5-3-16(11-29-18)23(25,26)27/h2-5,9,11,13,19H,6-8,10,12H2,1H3,(H,30,31,32). The molecule has 11 heteroatoms. The Labute approximate surface area is 193 Å². The van der Waals surface area contributed by atoms with Crippen molar-refractivity contribution in [3.63, 3.8) is 0 Å². The van der Waals surface area contributed by atoms with Crippen LogP contribution in [0.2, 0.25) is 0 Å². The van der Waals surface area contributed by atoms with Crippen molar-refractivity contribution in [3.05, 3.63) is 71.3 Å². The molecule has 7 nitrogen and oxygen atoms in total. The molecule has 0 amide bonds. The summed E-state index contributed by atoms with van der Waals surface area (Å²) in [5.74, 6) is -0.566. The third-order valence-electron chi connectivity index (χ3n) is 5.29. The van der Waals surface area contributed by atoms with Crippen molar-refractivity contribution >= 4 is 17.4 Å². The highest BCUT2D eigenvalue weighted by molar-refractivity contribution is 5.77. The van der Waals surface area contributed by atoms with Crippen LogP contribution in [0, 0.1) is 5.82 Å². The van der Waals surface area contributed by atoms with Crippen LogP contribution in [0.5, 0.6) is 0 Å². The predicted octanol–water partition coefficient (Wildman–Crippen LogP) is 4.34. The number of anilines is 2. The molecule has 0 aliphatic heterocycles. The van der Waals surface area contributed by atoms with Crippen molar-refractivity contribution in [3.8, 4) is 0 Å². The molecule has 1 aliphatic rings. The summed E-state index contributed by atoms with van der Waals surface area (Å²) in [5.41, 5.74) is 0.977. The minimum absolute atomic E-state index is 0.00356. The van der Waals surface area contributed by atoms with E-state index >= 15 is 4.39 Å². The molecule has 1 fully saturated rings. The Morgan fingerprint density at radius 2 is 1.79 bits per heavy atom. The highest BCUT2D eigenvalue weighted by Crippen LogP contribution is 2.35. The fourth-order valence-corrected chi connectivity index (χ4v) is 3.41. The van der Waals surface area contributed by atoms with Crippen molar-refractivity contribution in [1.82, 2.24) is 19.9 Å². The molecule has 34 heavy (non-hydrogen) atoms. The van der Waals surface area contributed by atoms with Crippen LogP contribution in [0.1, 0.15) is 42.3 Å². The summed E-state index contributed by atoms with van der Waals surface area (Å²) in [5, 5.41) is 2.93. The van der Waals surface area contributed by atoms with Gasteiger partial charge in [0.05, 0.1) is 17.8 Å². The van der Waals surface area contributed by atoms with Gasteiger partial charge in [0.25, 0.3) is 0 Å². The number of hydrogen-bond acceptors (Lipinski definition) is 7. The first-order chi connectivity index (χ1) is 16.2. The first-order valence-corrected chi connectivity index (χ1v) is 10.7. The molecule has 3 heterocycles. The quantitative estimate of drug-likeness (QED) is 0.462. The zero-order valence-corrected chi connectivity index (χ0v) is 18.3. The van der Waals surface area contributed by atoms with Crippen LogP contribution in [-0.4, -0.2) is 31.8 Å². The van der Waals surface area contributed by atoms with E-state index in [1.54, 1.807) is 23.2 Å². The lowest BCUT2D eigenvalue weighted by atomic mass is 10.2. The van der Waals surface area contributed by atoms with E-state index in [1.165, 1.54) is 19.3 Å². The van der Waals surface area contributed by atoms with E-state index in [-0.39, 0.29) is 43.0 Å². The number of carbonyl (C=O) groups excluding carboxylic acids is 1. The summed E-state index contributed by atoms with van der Waals surface area (Å²) in [4.78, 5) is 29.1. The molecule has 1 N–H and O–H groups in total. The summed E-state index contributed by atoms with van der Waals surface area (Å²) in [6, 6.07) is 5.82. The summed E-state index contributed by atoms with van der Waals surface area (Å²) in [6.45, 7) is 1.87. The molecule has 0 unspecified atom stereocenters. The van der Waals surface area contributed by atoms with E-state index in [4.69, 9.17) is 0 Å². The number of rotatable bonds is 9. The molecule has 4 rings (SSSR count). The number of nitrogens with one attached hydrogen (secondary N) is 1. The maximum Gasteiger partial charge on any atom is 0.417 e. The summed E-state index contributed by atoms with van der Waals surface area (Å²) < 4.78 is 53.7. The molecule has 0 radical (unpaired) electrons. The molecule has 3 aromatic heterocycles. The van der Waals surface area contributed by atoms with Crippen LogP contribution in [0.3, 0.4) is 0 Å². The first kappa shape index (κ1) is 23.5. The summed E-state index contributed by atoms with van der Waals surface area (Å²) >= 11 is 0. The number of alkyl halides is 3. The van der Waals surface area contributed by atoms with Gasteiger partial charge in [0.2, 0.25) is 5.82 Å². The van der Waals surface area contributed by atoms with E-state index in [9.17, 15) is 18.0 Å². The molecule has 0 spiro atoms. The second kappa shape index (κ2) is 9.70. The number of ketones is 1. The van der Waals surface area contributed by atoms with E-state index in [1.807, 2.05) is 0 Å². The fraction of sp³-hybridized carbons (Fsp3) is 0.348. The van der Waals surface area contributed by atoms with Gasteiger partial charge in [-0.3, -0.25) is 14.8 Å². The van der Waals surface area contributed by atoms with Crippen molar-refractivity contribution in [2.24, 2.45) is 0 Å². The number of hydrogen-bond donors (Lipinski definition) is 1. The predicted molar refractivity (Wildman–Crippen MR) is 116 cm³/mol. The Balaban J connectivity index is 1.47. The van der Waals surface area contributed by atoms with Gasteiger partial charge in [-0.05, 0) is 43.5 Å². The Kier molecular flexibility index (Phi) is 6.71. The summed E-state index contributed by atoms with van der Waals surface area (Å²) in [6.07, 6.45) is 1.06. The Hall–Kier alpha value is -3.63. The van der Waals surface area contributed by atoms with Crippen LogP contribution >= 0.6 is 0 Å². The third-order valence-corrected chi connectivity index (χ3v) is 5.29. The molecule has 0 bridgehead atoms. The molecule has 0 saturated heterocycles. The highest BCUT2D eigenvalue weighted by atomic mass is 19.4. The summed E-state index contributed by atoms with van der Waals surface area (Å²) in [7, 11) is 0. The number of Topliss-reactive ketones (excluding diaryl/α,β-unsaturated/α-hetero) is 1. The molecule has 1 aliphatic carbocycles. The second-order valence-corrected chi connectivity index (χ2v) is 8.15. The van der Waals surface area contributed by atoms with Crippen LogP contribution in [-0.2, 0) is 30.5 Å². The van der Waals surface area contributed by atoms with Crippen LogP contribution in [0.15, 0.2) is 43.0 Å². The lowest BCUT2D eigenvalue weighted by Crippen LogP contribution is -2.28. The number of halogens is 4. The van der Waals surface area contributed by atoms with Gasteiger partial charge in [-0.2, -0.15) is 17.6 Å². The van der Waals surface area contributed by atoms with E-state index in [0.717, 1.165) is 30.7 Å². The third kappa shape index (κ3) is 5.83. The highest BCUT2D eigenvalue weighted by Gasteiger charge is 2.34. The van der Waals surface area contributed by atoms with E-state index < -0.39 is 17.6 Å². The molecule has 0 aromatic carbocycles. The molecule has 0 atom stereocenters. The van der Waals surface area contributed by atoms with Gasteiger partial charge in [-0.25, -0.2) is 9.97 Å². The maximum atomic E-state index is 15.3. The smallest absolute Gasteiger partial charge is 0.363 e. The minimum atomic E-state index is -4.47. The van der Waals surface area contributed by atoms with Crippen molar-refractivity contribution in [2.45, 2.75) is 51.5 Å².